The van der Waals surface area contributed by atoms with E-state index in [0.717, 1.165) is 28.8 Å². The molecule has 0 saturated carbocycles. The first kappa shape index (κ1) is 33.6. The maximum absolute atomic E-state index is 13.0. The van der Waals surface area contributed by atoms with Crippen molar-refractivity contribution in [3.05, 3.63) is 72.1 Å². The van der Waals surface area contributed by atoms with Gasteiger partial charge in [-0.2, -0.15) is 18.2 Å². The normalized spacial score (nSPS) is 15.3. The number of aromatic nitrogens is 3. The number of aliphatic imine (C=N–C) groups is 1. The number of nitrogens with one attached hydrogen (secondary N) is 1. The molecule has 1 fully saturated rings. The van der Waals surface area contributed by atoms with Crippen LogP contribution in [0.4, 0.5) is 42.5 Å². The predicted molar refractivity (Wildman–Crippen MR) is 163 cm³/mol. The molecule has 3 aromatic carbocycles. The Bertz CT molecular complexity index is 1930. The van der Waals surface area contributed by atoms with Gasteiger partial charge in [0.1, 0.15) is 18.7 Å². The van der Waals surface area contributed by atoms with Crippen molar-refractivity contribution in [1.29, 1.82) is 0 Å². The fraction of sp³-hybridized carbons (Fsp3) is 0.233. The fourth-order valence-corrected chi connectivity index (χ4v) is 5.61. The minimum atomic E-state index is -4.81. The highest BCUT2D eigenvalue weighted by Crippen LogP contribution is 2.41. The minimum absolute atomic E-state index is 0.0135. The maximum atomic E-state index is 13.0. The zero-order valence-corrected chi connectivity index (χ0v) is 25.8. The van der Waals surface area contributed by atoms with Gasteiger partial charge in [-0.15, -0.1) is 18.3 Å². The van der Waals surface area contributed by atoms with Gasteiger partial charge in [0.05, 0.1) is 23.7 Å². The summed E-state index contributed by atoms with van der Waals surface area (Å²) in [4.78, 5) is 35.4. The van der Waals surface area contributed by atoms with Crippen molar-refractivity contribution in [2.24, 2.45) is 4.99 Å². The van der Waals surface area contributed by atoms with Crippen LogP contribution in [0.1, 0.15) is 11.1 Å². The lowest BCUT2D eigenvalue weighted by Gasteiger charge is -2.20. The lowest BCUT2D eigenvalue weighted by atomic mass is 10.1. The van der Waals surface area contributed by atoms with Crippen molar-refractivity contribution in [3.63, 3.8) is 0 Å². The Balaban J connectivity index is 1.17. The number of fused-ring (bicyclic) bond motifs is 1. The number of rotatable bonds is 8. The van der Waals surface area contributed by atoms with Gasteiger partial charge in [-0.1, -0.05) is 11.8 Å². The molecule has 1 N–H and O–H groups in total. The van der Waals surface area contributed by atoms with Crippen LogP contribution < -0.4 is 24.4 Å². The Hall–Kier alpha value is -5.30. The number of urea groups is 1. The Morgan fingerprint density at radius 3 is 2.47 bits per heavy atom. The highest BCUT2D eigenvalue weighted by atomic mass is 32.2. The number of benzene rings is 3. The van der Waals surface area contributed by atoms with E-state index in [-0.39, 0.29) is 46.2 Å². The van der Waals surface area contributed by atoms with E-state index >= 15 is 0 Å². The Labute approximate surface area is 276 Å². The number of ether oxygens (including phenoxy) is 4. The third-order valence-corrected chi connectivity index (χ3v) is 7.78. The van der Waals surface area contributed by atoms with Crippen LogP contribution in [0.3, 0.4) is 0 Å². The molecule has 3 amide bonds. The zero-order valence-electron chi connectivity index (χ0n) is 25.0. The number of halogens is 6. The highest BCUT2D eigenvalue weighted by Gasteiger charge is 2.35. The Morgan fingerprint density at radius 2 is 1.78 bits per heavy atom. The third kappa shape index (κ3) is 8.06. The number of thioether (sulfide) groups is 1. The first-order valence-electron chi connectivity index (χ1n) is 14.0. The molecule has 0 bridgehead atoms. The van der Waals surface area contributed by atoms with Gasteiger partial charge in [0.2, 0.25) is 12.7 Å². The lowest BCUT2D eigenvalue weighted by Crippen LogP contribution is -2.31. The van der Waals surface area contributed by atoms with Crippen LogP contribution in [0.5, 0.6) is 17.2 Å². The molecule has 2 aliphatic heterocycles. The number of anilines is 2. The van der Waals surface area contributed by atoms with Crippen molar-refractivity contribution in [3.8, 4) is 34.3 Å². The minimum Gasteiger partial charge on any atom is -0.454 e. The molecule has 2 aliphatic rings. The smallest absolute Gasteiger partial charge is 0.454 e. The summed E-state index contributed by atoms with van der Waals surface area (Å²) in [6, 6.07) is 12.0. The molecule has 6 rings (SSSR count). The van der Waals surface area contributed by atoms with Gasteiger partial charge >= 0.3 is 18.6 Å². The standard InChI is InChI=1S/C30H22F6N6O6S/c1-16-8-17(26-37-14-41(40-26)19-3-5-20(6-4-19)48-30(34,35)36)2-7-21(16)38-27(44)39-28-42(25(43)12-49-28)22-10-24-23(46-15-47-24)9-18(22)11-45-13-29(31,32)33/h2-10,14H,11-13,15H2,1H3,(H,38,44)/b39-28-. The summed E-state index contributed by atoms with van der Waals surface area (Å²) < 4.78 is 96.4. The number of carbonyl (C=O) groups excluding carboxylic acids is 2. The van der Waals surface area contributed by atoms with Crippen LogP contribution >= 0.6 is 11.8 Å². The van der Waals surface area contributed by atoms with E-state index in [4.69, 9.17) is 14.2 Å². The lowest BCUT2D eigenvalue weighted by molar-refractivity contribution is -0.274. The van der Waals surface area contributed by atoms with E-state index in [1.807, 2.05) is 0 Å². The summed E-state index contributed by atoms with van der Waals surface area (Å²) in [6.07, 6.45) is -7.99. The average molecular weight is 709 g/mol. The van der Waals surface area contributed by atoms with Gasteiger partial charge in [0.15, 0.2) is 22.5 Å². The molecule has 256 valence electrons. The number of aryl methyl sites for hydroxylation is 1. The molecule has 0 unspecified atom stereocenters. The SMILES string of the molecule is Cc1cc(-c2ncn(-c3ccc(OC(F)(F)F)cc3)n2)ccc1NC(=O)/N=C1\SCC(=O)N1c1cc2c(cc1COCC(F)(F)F)OCO2. The fourth-order valence-electron chi connectivity index (χ4n) is 4.75. The molecule has 12 nitrogen and oxygen atoms in total. The van der Waals surface area contributed by atoms with E-state index in [1.165, 1.54) is 35.3 Å². The van der Waals surface area contributed by atoms with E-state index < -0.39 is 37.7 Å². The molecule has 19 heteroatoms. The predicted octanol–water partition coefficient (Wildman–Crippen LogP) is 6.62. The van der Waals surface area contributed by atoms with Crippen LogP contribution in [-0.4, -0.2) is 63.6 Å². The number of alkyl halides is 6. The molecular formula is C30H22F6N6O6S. The van der Waals surface area contributed by atoms with Crippen LogP contribution in [-0.2, 0) is 16.1 Å². The van der Waals surface area contributed by atoms with Crippen LogP contribution in [0, 0.1) is 6.92 Å². The summed E-state index contributed by atoms with van der Waals surface area (Å²) >= 11 is 0.967. The second-order valence-electron chi connectivity index (χ2n) is 10.4. The summed E-state index contributed by atoms with van der Waals surface area (Å²) in [5.74, 6) is -0.112. The van der Waals surface area contributed by atoms with Crippen LogP contribution in [0.25, 0.3) is 17.1 Å². The van der Waals surface area contributed by atoms with Crippen molar-refractivity contribution in [2.75, 3.05) is 29.4 Å². The van der Waals surface area contributed by atoms with E-state index in [2.05, 4.69) is 25.1 Å². The molecule has 4 aromatic rings. The first-order valence-corrected chi connectivity index (χ1v) is 15.0. The summed E-state index contributed by atoms with van der Waals surface area (Å²) in [6.45, 7) is -0.438. The van der Waals surface area contributed by atoms with Gasteiger partial charge in [-0.3, -0.25) is 9.69 Å². The van der Waals surface area contributed by atoms with Crippen LogP contribution in [0.2, 0.25) is 0 Å². The summed E-state index contributed by atoms with van der Waals surface area (Å²) in [5, 5.41) is 7.01. The molecule has 49 heavy (non-hydrogen) atoms. The molecule has 0 aliphatic carbocycles. The number of carbonyl (C=O) groups is 2. The average Bonchev–Trinajstić information content (AvgIpc) is 3.77. The number of hydrogen-bond acceptors (Lipinski definition) is 9. The summed E-state index contributed by atoms with van der Waals surface area (Å²) in [7, 11) is 0. The number of amidine groups is 1. The summed E-state index contributed by atoms with van der Waals surface area (Å²) in [5.41, 5.74) is 2.31. The topological polar surface area (TPSA) is 129 Å². The number of amides is 3. The van der Waals surface area contributed by atoms with Gasteiger partial charge in [0.25, 0.3) is 0 Å². The van der Waals surface area contributed by atoms with Gasteiger partial charge < -0.3 is 24.3 Å². The van der Waals surface area contributed by atoms with Crippen molar-refractivity contribution in [1.82, 2.24) is 14.8 Å². The Morgan fingerprint density at radius 1 is 1.04 bits per heavy atom. The van der Waals surface area contributed by atoms with Crippen molar-refractivity contribution >= 4 is 40.2 Å². The zero-order chi connectivity index (χ0) is 34.9. The van der Waals surface area contributed by atoms with Crippen LogP contribution in [0.15, 0.2) is 65.9 Å². The highest BCUT2D eigenvalue weighted by molar-refractivity contribution is 8.15. The molecule has 0 radical (unpaired) electrons. The molecule has 0 spiro atoms. The molecule has 1 saturated heterocycles. The van der Waals surface area contributed by atoms with E-state index in [1.54, 1.807) is 25.1 Å². The van der Waals surface area contributed by atoms with Crippen molar-refractivity contribution < 1.29 is 54.9 Å². The van der Waals surface area contributed by atoms with Gasteiger partial charge in [-0.05, 0) is 61.0 Å². The number of hydrogen-bond donors (Lipinski definition) is 1. The first-order chi connectivity index (χ1) is 23.2. The molecule has 3 heterocycles. The quantitative estimate of drug-likeness (QED) is 0.201. The maximum Gasteiger partial charge on any atom is 0.573 e. The van der Waals surface area contributed by atoms with Gasteiger partial charge in [0, 0.05) is 22.9 Å². The number of nitrogens with zero attached hydrogens (tertiary/aromatic N) is 5. The second-order valence-corrected chi connectivity index (χ2v) is 11.3. The van der Waals surface area contributed by atoms with E-state index in [9.17, 15) is 35.9 Å². The monoisotopic (exact) mass is 708 g/mol. The largest absolute Gasteiger partial charge is 0.573 e. The molecular weight excluding hydrogens is 686 g/mol. The molecule has 0 atom stereocenters. The van der Waals surface area contributed by atoms with Crippen molar-refractivity contribution in [2.45, 2.75) is 26.1 Å². The molecule has 1 aromatic heterocycles. The third-order valence-electron chi connectivity index (χ3n) is 6.85. The van der Waals surface area contributed by atoms with Gasteiger partial charge in [-0.25, -0.2) is 14.5 Å². The van der Waals surface area contributed by atoms with E-state index in [0.29, 0.717) is 28.3 Å². The Kier molecular flexibility index (Phi) is 9.12. The second kappa shape index (κ2) is 13.3.